The largest absolute Gasteiger partial charge is 0.342 e. The van der Waals surface area contributed by atoms with Gasteiger partial charge in [0.15, 0.2) is 0 Å². The average Bonchev–Trinajstić information content (AvgIpc) is 3.40. The number of rotatable bonds is 3. The first-order chi connectivity index (χ1) is 13.5. The van der Waals surface area contributed by atoms with Gasteiger partial charge in [-0.05, 0) is 69.9 Å². The Balaban J connectivity index is 1.41. The van der Waals surface area contributed by atoms with Gasteiger partial charge in [0.1, 0.15) is 5.82 Å². The Hall–Kier alpha value is -1.88. The molecular weight excluding hydrogens is 348 g/mol. The van der Waals surface area contributed by atoms with Gasteiger partial charge in [0.05, 0.1) is 17.0 Å². The summed E-state index contributed by atoms with van der Waals surface area (Å²) in [4.78, 5) is 20.5. The second kappa shape index (κ2) is 6.87. The van der Waals surface area contributed by atoms with Crippen LogP contribution in [0.15, 0.2) is 24.3 Å². The van der Waals surface area contributed by atoms with Crippen molar-refractivity contribution in [2.24, 2.45) is 23.5 Å². The molecule has 5 unspecified atom stereocenters. The Morgan fingerprint density at radius 1 is 1.18 bits per heavy atom. The average molecular weight is 381 g/mol. The van der Waals surface area contributed by atoms with Crippen molar-refractivity contribution in [1.82, 2.24) is 14.5 Å². The molecule has 1 aliphatic heterocycles. The van der Waals surface area contributed by atoms with Crippen molar-refractivity contribution < 1.29 is 4.79 Å². The van der Waals surface area contributed by atoms with E-state index in [-0.39, 0.29) is 12.0 Å². The number of amides is 1. The van der Waals surface area contributed by atoms with Crippen molar-refractivity contribution in [2.45, 2.75) is 64.0 Å². The molecule has 2 aromatic rings. The molecule has 5 rings (SSSR count). The minimum atomic E-state index is 0.0569. The second-order valence-corrected chi connectivity index (χ2v) is 9.48. The van der Waals surface area contributed by atoms with Gasteiger partial charge >= 0.3 is 0 Å². The monoisotopic (exact) mass is 380 g/mol. The first kappa shape index (κ1) is 18.2. The van der Waals surface area contributed by atoms with Gasteiger partial charge in [0.2, 0.25) is 5.91 Å². The molecule has 1 amide bonds. The zero-order chi connectivity index (χ0) is 19.4. The molecule has 2 N–H and O–H groups in total. The maximum Gasteiger partial charge on any atom is 0.227 e. The second-order valence-electron chi connectivity index (χ2n) is 9.48. The summed E-state index contributed by atoms with van der Waals surface area (Å²) in [7, 11) is 0. The van der Waals surface area contributed by atoms with E-state index in [2.05, 4.69) is 47.6 Å². The van der Waals surface area contributed by atoms with E-state index in [1.54, 1.807) is 0 Å². The van der Waals surface area contributed by atoms with Crippen LogP contribution in [0.25, 0.3) is 11.0 Å². The number of benzene rings is 1. The van der Waals surface area contributed by atoms with Gasteiger partial charge < -0.3 is 15.2 Å². The molecule has 28 heavy (non-hydrogen) atoms. The van der Waals surface area contributed by atoms with Crippen LogP contribution in [0, 0.1) is 17.8 Å². The van der Waals surface area contributed by atoms with Crippen LogP contribution in [0.5, 0.6) is 0 Å². The van der Waals surface area contributed by atoms with E-state index in [1.165, 1.54) is 18.4 Å². The summed E-state index contributed by atoms with van der Waals surface area (Å²) in [6, 6.07) is 8.82. The lowest BCUT2D eigenvalue weighted by atomic mass is 9.83. The van der Waals surface area contributed by atoms with Crippen LogP contribution in [-0.4, -0.2) is 39.5 Å². The van der Waals surface area contributed by atoms with Crippen molar-refractivity contribution in [1.29, 1.82) is 0 Å². The predicted molar refractivity (Wildman–Crippen MR) is 111 cm³/mol. The van der Waals surface area contributed by atoms with Crippen LogP contribution in [0.4, 0.5) is 0 Å². The summed E-state index contributed by atoms with van der Waals surface area (Å²) in [5.41, 5.74) is 8.73. The summed E-state index contributed by atoms with van der Waals surface area (Å²) >= 11 is 0. The number of aromatic nitrogens is 2. The molecule has 1 aromatic carbocycles. The minimum Gasteiger partial charge on any atom is -0.342 e. The molecule has 1 saturated heterocycles. The molecule has 0 spiro atoms. The maximum atomic E-state index is 13.4. The molecule has 2 aliphatic carbocycles. The van der Waals surface area contributed by atoms with Crippen molar-refractivity contribution in [2.75, 3.05) is 13.1 Å². The zero-order valence-corrected chi connectivity index (χ0v) is 17.1. The Bertz CT molecular complexity index is 886. The first-order valence-corrected chi connectivity index (χ1v) is 11.1. The SMILES string of the molecule is CC(C)n1c(C2CCCN(C(=O)C3C4CCC(C4)C3N)C2)nc2ccccc21. The number of nitrogens with zero attached hydrogens (tertiary/aromatic N) is 3. The highest BCUT2D eigenvalue weighted by Gasteiger charge is 2.50. The number of likely N-dealkylation sites (tertiary alicyclic amines) is 1. The summed E-state index contributed by atoms with van der Waals surface area (Å²) in [6.45, 7) is 6.10. The molecule has 5 heteroatoms. The molecule has 3 aliphatic rings. The normalized spacial score (nSPS) is 32.6. The van der Waals surface area contributed by atoms with Crippen molar-refractivity contribution >= 4 is 16.9 Å². The third-order valence-corrected chi connectivity index (χ3v) is 7.50. The molecule has 1 aromatic heterocycles. The smallest absolute Gasteiger partial charge is 0.227 e. The van der Waals surface area contributed by atoms with E-state index >= 15 is 0 Å². The van der Waals surface area contributed by atoms with Gasteiger partial charge in [-0.1, -0.05) is 12.1 Å². The lowest BCUT2D eigenvalue weighted by Crippen LogP contribution is -2.49. The number of hydrogen-bond acceptors (Lipinski definition) is 3. The number of nitrogens with two attached hydrogens (primary N) is 1. The Morgan fingerprint density at radius 3 is 2.71 bits per heavy atom. The van der Waals surface area contributed by atoms with Crippen molar-refractivity contribution in [3.63, 3.8) is 0 Å². The minimum absolute atomic E-state index is 0.0569. The first-order valence-electron chi connectivity index (χ1n) is 11.1. The fourth-order valence-electron chi connectivity index (χ4n) is 6.19. The lowest BCUT2D eigenvalue weighted by Gasteiger charge is -2.37. The summed E-state index contributed by atoms with van der Waals surface area (Å²) < 4.78 is 2.37. The van der Waals surface area contributed by atoms with Crippen LogP contribution in [-0.2, 0) is 4.79 Å². The highest BCUT2D eigenvalue weighted by atomic mass is 16.2. The molecule has 150 valence electrons. The third kappa shape index (κ3) is 2.78. The molecule has 5 nitrogen and oxygen atoms in total. The van der Waals surface area contributed by atoms with Gasteiger partial charge in [-0.2, -0.15) is 0 Å². The predicted octanol–water partition coefficient (Wildman–Crippen LogP) is 3.70. The van der Waals surface area contributed by atoms with Gasteiger partial charge in [0.25, 0.3) is 0 Å². The van der Waals surface area contributed by atoms with E-state index in [4.69, 9.17) is 10.7 Å². The Kier molecular flexibility index (Phi) is 4.46. The topological polar surface area (TPSA) is 64.2 Å². The van der Waals surface area contributed by atoms with E-state index < -0.39 is 0 Å². The maximum absolute atomic E-state index is 13.4. The summed E-state index contributed by atoms with van der Waals surface area (Å²) in [5, 5.41) is 0. The highest BCUT2D eigenvalue weighted by molar-refractivity contribution is 5.81. The van der Waals surface area contributed by atoms with Gasteiger partial charge in [0, 0.05) is 31.1 Å². The van der Waals surface area contributed by atoms with Gasteiger partial charge in [-0.15, -0.1) is 0 Å². The highest BCUT2D eigenvalue weighted by Crippen LogP contribution is 2.48. The van der Waals surface area contributed by atoms with Crippen LogP contribution in [0.1, 0.15) is 63.7 Å². The molecule has 3 fully saturated rings. The lowest BCUT2D eigenvalue weighted by molar-refractivity contribution is -0.139. The van der Waals surface area contributed by atoms with Crippen LogP contribution < -0.4 is 5.73 Å². The third-order valence-electron chi connectivity index (χ3n) is 7.50. The Morgan fingerprint density at radius 2 is 1.96 bits per heavy atom. The van der Waals surface area contributed by atoms with Crippen molar-refractivity contribution in [3.8, 4) is 0 Å². The number of carbonyl (C=O) groups is 1. The van der Waals surface area contributed by atoms with Crippen molar-refractivity contribution in [3.05, 3.63) is 30.1 Å². The van der Waals surface area contributed by atoms with Gasteiger partial charge in [-0.3, -0.25) is 4.79 Å². The van der Waals surface area contributed by atoms with Crippen LogP contribution >= 0.6 is 0 Å². The van der Waals surface area contributed by atoms with Crippen LogP contribution in [0.2, 0.25) is 0 Å². The molecular formula is C23H32N4O. The standard InChI is InChI=1S/C23H32N4O/c1-14(2)27-19-8-4-3-7-18(19)25-22(27)17-6-5-11-26(13-17)23(28)20-15-9-10-16(12-15)21(20)24/h3-4,7-8,14-17,20-21H,5-6,9-13,24H2,1-2H3. The number of fused-ring (bicyclic) bond motifs is 3. The number of hydrogen-bond donors (Lipinski definition) is 1. The number of para-hydroxylation sites is 2. The van der Waals surface area contributed by atoms with E-state index in [1.807, 2.05) is 0 Å². The Labute approximate surface area is 167 Å². The number of carbonyl (C=O) groups excluding carboxylic acids is 1. The quantitative estimate of drug-likeness (QED) is 0.883. The molecule has 2 saturated carbocycles. The summed E-state index contributed by atoms with van der Waals surface area (Å²) in [5.74, 6) is 2.92. The van der Waals surface area contributed by atoms with Crippen LogP contribution in [0.3, 0.4) is 0 Å². The number of piperidine rings is 1. The molecule has 0 radical (unpaired) electrons. The van der Waals surface area contributed by atoms with Gasteiger partial charge in [-0.25, -0.2) is 4.98 Å². The van der Waals surface area contributed by atoms with E-state index in [9.17, 15) is 4.79 Å². The fourth-order valence-corrected chi connectivity index (χ4v) is 6.19. The number of imidazole rings is 1. The molecule has 5 atom stereocenters. The summed E-state index contributed by atoms with van der Waals surface area (Å²) in [6.07, 6.45) is 5.72. The zero-order valence-electron chi connectivity index (χ0n) is 17.1. The fraction of sp³-hybridized carbons (Fsp3) is 0.652. The molecule has 2 heterocycles. The van der Waals surface area contributed by atoms with E-state index in [0.717, 1.165) is 43.7 Å². The molecule has 2 bridgehead atoms. The van der Waals surface area contributed by atoms with E-state index in [0.29, 0.717) is 29.7 Å².